The van der Waals surface area contributed by atoms with Gasteiger partial charge in [0.25, 0.3) is 0 Å². The molecule has 1 aliphatic carbocycles. The predicted octanol–water partition coefficient (Wildman–Crippen LogP) is 7.22. The van der Waals surface area contributed by atoms with Crippen LogP contribution in [-0.2, 0) is 11.2 Å². The summed E-state index contributed by atoms with van der Waals surface area (Å²) in [5, 5.41) is 9.49. The summed E-state index contributed by atoms with van der Waals surface area (Å²) in [6.07, 6.45) is 11.1. The van der Waals surface area contributed by atoms with Crippen LogP contribution >= 0.6 is 0 Å². The standard InChI is InChI=1S/C12H15NO.C7H13N.3C2H6/c1-2-10-13-12(14)9-8-11-6-4-3-5-7-11;8-6-2-1-3-7-4-5-7;3*1-2/h2-7H,1,8-10H2,(H,13,14);6-8H,1-5H2;3*1-2H3. The zero-order valence-corrected chi connectivity index (χ0v) is 19.4. The van der Waals surface area contributed by atoms with Gasteiger partial charge in [-0.3, -0.25) is 4.79 Å². The summed E-state index contributed by atoms with van der Waals surface area (Å²) in [7, 11) is 0. The van der Waals surface area contributed by atoms with Crippen LogP contribution in [0.5, 0.6) is 0 Å². The Bertz CT molecular complexity index is 439. The first-order valence-corrected chi connectivity index (χ1v) is 11.2. The molecule has 1 aliphatic rings. The van der Waals surface area contributed by atoms with Crippen LogP contribution in [-0.4, -0.2) is 18.7 Å². The monoisotopic (exact) mass is 390 g/mol. The maximum Gasteiger partial charge on any atom is 0.220 e. The summed E-state index contributed by atoms with van der Waals surface area (Å²) < 4.78 is 0. The smallest absolute Gasteiger partial charge is 0.220 e. The minimum Gasteiger partial charge on any atom is -0.353 e. The van der Waals surface area contributed by atoms with Gasteiger partial charge in [0.1, 0.15) is 0 Å². The molecule has 1 amide bonds. The Labute approximate surface area is 175 Å². The molecule has 2 N–H and O–H groups in total. The lowest BCUT2D eigenvalue weighted by Crippen LogP contribution is -2.23. The first kappa shape index (κ1) is 30.8. The van der Waals surface area contributed by atoms with Gasteiger partial charge in [0, 0.05) is 13.0 Å². The van der Waals surface area contributed by atoms with Crippen LogP contribution in [0.15, 0.2) is 43.0 Å². The van der Waals surface area contributed by atoms with Gasteiger partial charge in [-0.2, -0.15) is 0 Å². The lowest BCUT2D eigenvalue weighted by Gasteiger charge is -2.02. The highest BCUT2D eigenvalue weighted by atomic mass is 16.1. The second-order valence-corrected chi connectivity index (χ2v) is 5.66. The third-order valence-corrected chi connectivity index (χ3v) is 3.58. The SMILES string of the molecule is C=CCNC(=O)CCc1ccccc1.CC.CC.CC.N=CCCCC1CC1. The van der Waals surface area contributed by atoms with E-state index in [1.807, 2.05) is 71.9 Å². The maximum atomic E-state index is 11.2. The van der Waals surface area contributed by atoms with Gasteiger partial charge >= 0.3 is 0 Å². The van der Waals surface area contributed by atoms with E-state index in [2.05, 4.69) is 11.9 Å². The number of nitrogens with one attached hydrogen (secondary N) is 2. The molecule has 1 aromatic carbocycles. The molecule has 0 spiro atoms. The van der Waals surface area contributed by atoms with Crippen molar-refractivity contribution < 1.29 is 4.79 Å². The van der Waals surface area contributed by atoms with Crippen molar-refractivity contribution in [2.45, 2.75) is 86.5 Å². The average molecular weight is 391 g/mol. The van der Waals surface area contributed by atoms with E-state index in [0.717, 1.165) is 18.8 Å². The molecule has 0 bridgehead atoms. The zero-order chi connectivity index (χ0) is 22.0. The van der Waals surface area contributed by atoms with E-state index in [1.54, 1.807) is 6.08 Å². The summed E-state index contributed by atoms with van der Waals surface area (Å²) in [6.45, 7) is 16.1. The predicted molar refractivity (Wildman–Crippen MR) is 127 cm³/mol. The van der Waals surface area contributed by atoms with Crippen LogP contribution in [0.3, 0.4) is 0 Å². The minimum absolute atomic E-state index is 0.0775. The third kappa shape index (κ3) is 24.1. The first-order chi connectivity index (χ1) is 13.8. The van der Waals surface area contributed by atoms with Gasteiger partial charge in [-0.05, 0) is 37.0 Å². The van der Waals surface area contributed by atoms with Crippen molar-refractivity contribution in [3.05, 3.63) is 48.6 Å². The van der Waals surface area contributed by atoms with E-state index in [-0.39, 0.29) is 5.91 Å². The van der Waals surface area contributed by atoms with Crippen LogP contribution < -0.4 is 5.32 Å². The molecule has 0 saturated heterocycles. The number of amides is 1. The van der Waals surface area contributed by atoms with Crippen LogP contribution in [0.2, 0.25) is 0 Å². The highest BCUT2D eigenvalue weighted by Gasteiger charge is 2.19. The number of carbonyl (C=O) groups excluding carboxylic acids is 1. The van der Waals surface area contributed by atoms with Crippen molar-refractivity contribution in [3.63, 3.8) is 0 Å². The molecule has 1 fully saturated rings. The minimum atomic E-state index is 0.0775. The number of hydrogen-bond donors (Lipinski definition) is 2. The fraction of sp³-hybridized carbons (Fsp3) is 0.600. The second kappa shape index (κ2) is 27.3. The molecule has 1 aromatic rings. The van der Waals surface area contributed by atoms with E-state index in [9.17, 15) is 4.79 Å². The molecule has 0 unspecified atom stereocenters. The van der Waals surface area contributed by atoms with Gasteiger partial charge < -0.3 is 10.7 Å². The van der Waals surface area contributed by atoms with E-state index in [1.165, 1.54) is 37.5 Å². The van der Waals surface area contributed by atoms with Crippen molar-refractivity contribution in [3.8, 4) is 0 Å². The van der Waals surface area contributed by atoms with Gasteiger partial charge in [-0.25, -0.2) is 0 Å². The van der Waals surface area contributed by atoms with Crippen LogP contribution in [0.4, 0.5) is 0 Å². The zero-order valence-electron chi connectivity index (χ0n) is 19.4. The van der Waals surface area contributed by atoms with Crippen molar-refractivity contribution in [2.24, 2.45) is 5.92 Å². The molecule has 3 nitrogen and oxygen atoms in total. The summed E-state index contributed by atoms with van der Waals surface area (Å²) in [5.41, 5.74) is 1.20. The van der Waals surface area contributed by atoms with E-state index >= 15 is 0 Å². The normalized spacial score (nSPS) is 10.6. The molecule has 2 rings (SSSR count). The number of benzene rings is 1. The molecule has 162 valence electrons. The Hall–Kier alpha value is -1.90. The molecule has 1 saturated carbocycles. The fourth-order valence-corrected chi connectivity index (χ4v) is 2.09. The van der Waals surface area contributed by atoms with Crippen molar-refractivity contribution in [1.29, 1.82) is 5.41 Å². The number of unbranched alkanes of at least 4 members (excludes halogenated alkanes) is 1. The number of carbonyl (C=O) groups is 1. The van der Waals surface area contributed by atoms with E-state index in [4.69, 9.17) is 5.41 Å². The molecule has 3 heteroatoms. The van der Waals surface area contributed by atoms with Crippen molar-refractivity contribution in [1.82, 2.24) is 5.32 Å². The molecular weight excluding hydrogens is 344 g/mol. The molecule has 0 aliphatic heterocycles. The van der Waals surface area contributed by atoms with Crippen molar-refractivity contribution >= 4 is 12.1 Å². The lowest BCUT2D eigenvalue weighted by molar-refractivity contribution is -0.120. The molecular formula is C25H46N2O. The Morgan fingerprint density at radius 3 is 2.14 bits per heavy atom. The summed E-state index contributed by atoms with van der Waals surface area (Å²) >= 11 is 0. The van der Waals surface area contributed by atoms with E-state index < -0.39 is 0 Å². The summed E-state index contributed by atoms with van der Waals surface area (Å²) in [5.74, 6) is 1.13. The summed E-state index contributed by atoms with van der Waals surface area (Å²) in [4.78, 5) is 11.2. The average Bonchev–Trinajstić information content (AvgIpc) is 3.61. The molecule has 0 heterocycles. The number of hydrogen-bond acceptors (Lipinski definition) is 2. The third-order valence-electron chi connectivity index (χ3n) is 3.58. The molecule has 0 aromatic heterocycles. The topological polar surface area (TPSA) is 53.0 Å². The highest BCUT2D eigenvalue weighted by molar-refractivity contribution is 5.76. The van der Waals surface area contributed by atoms with Crippen LogP contribution in [0, 0.1) is 11.3 Å². The Balaban J connectivity index is -0.000000379. The second-order valence-electron chi connectivity index (χ2n) is 5.66. The quantitative estimate of drug-likeness (QED) is 0.261. The van der Waals surface area contributed by atoms with Gasteiger partial charge in [-0.15, -0.1) is 6.58 Å². The summed E-state index contributed by atoms with van der Waals surface area (Å²) in [6, 6.07) is 10.00. The fourth-order valence-electron chi connectivity index (χ4n) is 2.09. The Kier molecular flexibility index (Phi) is 30.1. The lowest BCUT2D eigenvalue weighted by atomic mass is 10.1. The molecule has 0 atom stereocenters. The maximum absolute atomic E-state index is 11.2. The van der Waals surface area contributed by atoms with Gasteiger partial charge in [0.15, 0.2) is 0 Å². The number of aryl methyl sites for hydroxylation is 1. The van der Waals surface area contributed by atoms with Gasteiger partial charge in [-0.1, -0.05) is 97.2 Å². The van der Waals surface area contributed by atoms with Gasteiger partial charge in [0.05, 0.1) is 0 Å². The first-order valence-electron chi connectivity index (χ1n) is 11.2. The van der Waals surface area contributed by atoms with Gasteiger partial charge in [0.2, 0.25) is 5.91 Å². The van der Waals surface area contributed by atoms with E-state index in [0.29, 0.717) is 13.0 Å². The molecule has 28 heavy (non-hydrogen) atoms. The molecule has 0 radical (unpaired) electrons. The largest absolute Gasteiger partial charge is 0.353 e. The van der Waals surface area contributed by atoms with Crippen LogP contribution in [0.25, 0.3) is 0 Å². The number of rotatable bonds is 9. The Morgan fingerprint density at radius 2 is 1.68 bits per heavy atom. The van der Waals surface area contributed by atoms with Crippen LogP contribution in [0.1, 0.15) is 85.6 Å². The highest BCUT2D eigenvalue weighted by Crippen LogP contribution is 2.33. The Morgan fingerprint density at radius 1 is 1.11 bits per heavy atom. The van der Waals surface area contributed by atoms with Crippen molar-refractivity contribution in [2.75, 3.05) is 6.54 Å².